The molecule has 0 bridgehead atoms. The highest BCUT2D eigenvalue weighted by Crippen LogP contribution is 2.30. The van der Waals surface area contributed by atoms with Crippen molar-refractivity contribution in [2.24, 2.45) is 0 Å². The molecule has 24 heavy (non-hydrogen) atoms. The van der Waals surface area contributed by atoms with Crippen molar-refractivity contribution >= 4 is 17.6 Å². The Morgan fingerprint density at radius 2 is 1.33 bits per heavy atom. The minimum absolute atomic E-state index is 0.0608. The molecule has 1 aliphatic rings. The maximum absolute atomic E-state index is 13.8. The molecule has 0 radical (unpaired) electrons. The molecule has 1 aliphatic carbocycles. The molecule has 1 heterocycles. The quantitative estimate of drug-likeness (QED) is 0.514. The minimum Gasteiger partial charge on any atom is -0.457 e. The van der Waals surface area contributed by atoms with Crippen LogP contribution in [-0.2, 0) is 0 Å². The molecule has 0 N–H and O–H groups in total. The second kappa shape index (κ2) is 5.42. The van der Waals surface area contributed by atoms with Gasteiger partial charge in [0, 0.05) is 11.1 Å². The Hall–Kier alpha value is -3.27. The number of benzene rings is 2. The van der Waals surface area contributed by atoms with Crippen molar-refractivity contribution in [2.45, 2.75) is 0 Å². The summed E-state index contributed by atoms with van der Waals surface area (Å²) in [6.45, 7) is 0. The van der Waals surface area contributed by atoms with Crippen LogP contribution in [0.1, 0.15) is 26.5 Å². The summed E-state index contributed by atoms with van der Waals surface area (Å²) in [6.07, 6.45) is 1.41. The molecule has 0 spiro atoms. The molecule has 0 amide bonds. The van der Waals surface area contributed by atoms with E-state index in [9.17, 15) is 14.0 Å². The van der Waals surface area contributed by atoms with Crippen LogP contribution in [0.15, 0.2) is 70.7 Å². The second-order valence-corrected chi connectivity index (χ2v) is 5.44. The average molecular weight is 318 g/mol. The maximum Gasteiger partial charge on any atom is 0.197 e. The predicted molar refractivity (Wildman–Crippen MR) is 87.2 cm³/mol. The van der Waals surface area contributed by atoms with Crippen LogP contribution >= 0.6 is 0 Å². The van der Waals surface area contributed by atoms with Crippen molar-refractivity contribution in [3.05, 3.63) is 88.9 Å². The molecular weight excluding hydrogens is 307 g/mol. The lowest BCUT2D eigenvalue weighted by molar-refractivity contribution is 0.0990. The molecule has 0 saturated heterocycles. The highest BCUT2D eigenvalue weighted by Gasteiger charge is 2.32. The van der Waals surface area contributed by atoms with Gasteiger partial charge in [0.1, 0.15) is 17.3 Å². The predicted octanol–water partition coefficient (Wildman–Crippen LogP) is 4.55. The van der Waals surface area contributed by atoms with Crippen molar-refractivity contribution in [2.75, 3.05) is 0 Å². The van der Waals surface area contributed by atoms with Gasteiger partial charge in [-0.15, -0.1) is 0 Å². The fraction of sp³-hybridized carbons (Fsp3) is 0. The Labute approximate surface area is 137 Å². The van der Waals surface area contributed by atoms with Gasteiger partial charge in [0.25, 0.3) is 0 Å². The van der Waals surface area contributed by atoms with E-state index in [2.05, 4.69) is 0 Å². The molecule has 2 aromatic carbocycles. The van der Waals surface area contributed by atoms with Gasteiger partial charge in [0.2, 0.25) is 0 Å². The van der Waals surface area contributed by atoms with Gasteiger partial charge < -0.3 is 4.42 Å². The number of ketones is 2. The molecule has 3 nitrogen and oxygen atoms in total. The Morgan fingerprint density at radius 3 is 1.96 bits per heavy atom. The zero-order chi connectivity index (χ0) is 16.7. The van der Waals surface area contributed by atoms with Crippen LogP contribution < -0.4 is 0 Å². The first-order valence-electron chi connectivity index (χ1n) is 7.40. The van der Waals surface area contributed by atoms with Gasteiger partial charge in [-0.3, -0.25) is 9.59 Å². The third-order valence-electron chi connectivity index (χ3n) is 3.96. The monoisotopic (exact) mass is 318 g/mol. The van der Waals surface area contributed by atoms with Crippen LogP contribution in [0.25, 0.3) is 17.4 Å². The number of fused-ring (bicyclic) bond motifs is 1. The van der Waals surface area contributed by atoms with E-state index in [1.54, 1.807) is 54.6 Å². The Bertz CT molecular complexity index is 974. The number of halogens is 1. The van der Waals surface area contributed by atoms with Gasteiger partial charge in [-0.05, 0) is 30.3 Å². The first-order chi connectivity index (χ1) is 11.6. The van der Waals surface area contributed by atoms with E-state index in [1.165, 1.54) is 12.1 Å². The summed E-state index contributed by atoms with van der Waals surface area (Å²) in [7, 11) is 0. The molecule has 4 rings (SSSR count). The third-order valence-corrected chi connectivity index (χ3v) is 3.96. The molecule has 0 atom stereocenters. The standard InChI is InChI=1S/C20H11FO3/c21-17-8-4-3-7-15(17)18-10-9-12(24-18)11-16-19(22)13-5-1-2-6-14(13)20(16)23/h1-11H. The summed E-state index contributed by atoms with van der Waals surface area (Å²) in [5.41, 5.74) is 1.18. The molecular formula is C20H11FO3. The number of hydrogen-bond donors (Lipinski definition) is 0. The molecule has 1 aromatic heterocycles. The Balaban J connectivity index is 1.72. The molecule has 3 aromatic rings. The normalized spacial score (nSPS) is 13.3. The third kappa shape index (κ3) is 2.20. The first-order valence-corrected chi connectivity index (χ1v) is 7.40. The van der Waals surface area contributed by atoms with E-state index < -0.39 is 5.82 Å². The van der Waals surface area contributed by atoms with Gasteiger partial charge in [0.05, 0.1) is 11.1 Å². The molecule has 4 heteroatoms. The van der Waals surface area contributed by atoms with Crippen LogP contribution in [-0.4, -0.2) is 11.6 Å². The number of carbonyl (C=O) groups excluding carboxylic acids is 2. The summed E-state index contributed by atoms with van der Waals surface area (Å²) in [6, 6.07) is 16.2. The smallest absolute Gasteiger partial charge is 0.197 e. The van der Waals surface area contributed by atoms with Crippen LogP contribution in [0.3, 0.4) is 0 Å². The van der Waals surface area contributed by atoms with E-state index in [0.29, 0.717) is 28.2 Å². The number of allylic oxidation sites excluding steroid dienone is 1. The van der Waals surface area contributed by atoms with E-state index >= 15 is 0 Å². The zero-order valence-electron chi connectivity index (χ0n) is 12.5. The van der Waals surface area contributed by atoms with Crippen molar-refractivity contribution in [3.8, 4) is 11.3 Å². The molecule has 116 valence electrons. The van der Waals surface area contributed by atoms with E-state index in [4.69, 9.17) is 4.42 Å². The number of hydrogen-bond acceptors (Lipinski definition) is 3. The van der Waals surface area contributed by atoms with Gasteiger partial charge in [0.15, 0.2) is 11.6 Å². The lowest BCUT2D eigenvalue weighted by Gasteiger charge is -1.98. The van der Waals surface area contributed by atoms with Gasteiger partial charge >= 0.3 is 0 Å². The topological polar surface area (TPSA) is 47.3 Å². The van der Waals surface area contributed by atoms with Crippen molar-refractivity contribution in [1.29, 1.82) is 0 Å². The number of furan rings is 1. The summed E-state index contributed by atoms with van der Waals surface area (Å²) in [4.78, 5) is 24.7. The van der Waals surface area contributed by atoms with Crippen molar-refractivity contribution in [1.82, 2.24) is 0 Å². The van der Waals surface area contributed by atoms with Gasteiger partial charge in [-0.2, -0.15) is 0 Å². The Morgan fingerprint density at radius 1 is 0.750 bits per heavy atom. The van der Waals surface area contributed by atoms with Gasteiger partial charge in [-0.1, -0.05) is 36.4 Å². The summed E-state index contributed by atoms with van der Waals surface area (Å²) in [5.74, 6) is -0.363. The van der Waals surface area contributed by atoms with E-state index in [0.717, 1.165) is 0 Å². The van der Waals surface area contributed by atoms with Crippen molar-refractivity contribution in [3.63, 3.8) is 0 Å². The van der Waals surface area contributed by atoms with Crippen LogP contribution in [0, 0.1) is 5.82 Å². The summed E-state index contributed by atoms with van der Waals surface area (Å²) in [5, 5.41) is 0. The molecule has 0 unspecified atom stereocenters. The van der Waals surface area contributed by atoms with Gasteiger partial charge in [-0.25, -0.2) is 4.39 Å². The highest BCUT2D eigenvalue weighted by atomic mass is 19.1. The SMILES string of the molecule is O=C1C(=Cc2ccc(-c3ccccc3F)o2)C(=O)c2ccccc21. The summed E-state index contributed by atoms with van der Waals surface area (Å²) >= 11 is 0. The van der Waals surface area contributed by atoms with Crippen LogP contribution in [0.4, 0.5) is 4.39 Å². The Kier molecular flexibility index (Phi) is 3.24. The fourth-order valence-electron chi connectivity index (χ4n) is 2.78. The summed E-state index contributed by atoms with van der Waals surface area (Å²) < 4.78 is 19.4. The lowest BCUT2D eigenvalue weighted by Crippen LogP contribution is -1.99. The highest BCUT2D eigenvalue weighted by molar-refractivity contribution is 6.41. The van der Waals surface area contributed by atoms with E-state index in [1.807, 2.05) is 0 Å². The zero-order valence-corrected chi connectivity index (χ0v) is 12.5. The fourth-order valence-corrected chi connectivity index (χ4v) is 2.78. The number of carbonyl (C=O) groups is 2. The average Bonchev–Trinajstić information content (AvgIpc) is 3.15. The first kappa shape index (κ1) is 14.3. The minimum atomic E-state index is -0.397. The lowest BCUT2D eigenvalue weighted by atomic mass is 10.1. The maximum atomic E-state index is 13.8. The molecule has 0 saturated carbocycles. The largest absolute Gasteiger partial charge is 0.457 e. The number of Topliss-reactive ketones (excluding diaryl/α,β-unsaturated/α-hetero) is 2. The molecule has 0 aliphatic heterocycles. The van der Waals surface area contributed by atoms with E-state index in [-0.39, 0.29) is 17.1 Å². The van der Waals surface area contributed by atoms with Crippen LogP contribution in [0.5, 0.6) is 0 Å². The molecule has 0 fully saturated rings. The van der Waals surface area contributed by atoms with Crippen molar-refractivity contribution < 1.29 is 18.4 Å². The number of rotatable bonds is 2. The van der Waals surface area contributed by atoms with Crippen LogP contribution in [0.2, 0.25) is 0 Å². The second-order valence-electron chi connectivity index (χ2n) is 5.44.